The molecule has 2 aliphatic carbocycles. The SMILES string of the molecule is C1=CC2C(c3ccccc3N(c3ccccc3-c3cc4ccccc4c4ccccc34)c3cccc4c(-c5ccccc5)cccc34)=Cc3ccccc3C2C=C1. The van der Waals surface area contributed by atoms with Crippen molar-refractivity contribution in [2.24, 2.45) is 5.92 Å². The van der Waals surface area contributed by atoms with Crippen LogP contribution in [-0.4, -0.2) is 0 Å². The molecule has 9 aromatic carbocycles. The normalized spacial score (nSPS) is 15.7. The summed E-state index contributed by atoms with van der Waals surface area (Å²) in [5, 5.41) is 7.44. The summed E-state index contributed by atoms with van der Waals surface area (Å²) in [4.78, 5) is 2.55. The van der Waals surface area contributed by atoms with Gasteiger partial charge in [0.2, 0.25) is 0 Å². The van der Waals surface area contributed by atoms with Gasteiger partial charge in [0.25, 0.3) is 0 Å². The van der Waals surface area contributed by atoms with Gasteiger partial charge in [0, 0.05) is 28.3 Å². The predicted molar refractivity (Wildman–Crippen MR) is 243 cm³/mol. The number of anilines is 3. The van der Waals surface area contributed by atoms with Gasteiger partial charge in [-0.1, -0.05) is 200 Å². The molecule has 11 rings (SSSR count). The van der Waals surface area contributed by atoms with Crippen LogP contribution >= 0.6 is 0 Å². The van der Waals surface area contributed by atoms with Gasteiger partial charge in [-0.3, -0.25) is 0 Å². The lowest BCUT2D eigenvalue weighted by atomic mass is 9.71. The number of nitrogens with zero attached hydrogens (tertiary/aromatic N) is 1. The third kappa shape index (κ3) is 5.54. The first-order chi connectivity index (χ1) is 28.3. The summed E-state index contributed by atoms with van der Waals surface area (Å²) in [6, 6.07) is 71.4. The van der Waals surface area contributed by atoms with Gasteiger partial charge in [-0.25, -0.2) is 0 Å². The zero-order chi connectivity index (χ0) is 37.7. The Morgan fingerprint density at radius 3 is 1.77 bits per heavy atom. The third-order valence-electron chi connectivity index (χ3n) is 12.0. The lowest BCUT2D eigenvalue weighted by molar-refractivity contribution is 0.709. The Hall–Kier alpha value is -7.22. The maximum Gasteiger partial charge on any atom is 0.0540 e. The van der Waals surface area contributed by atoms with Crippen LogP contribution < -0.4 is 4.90 Å². The maximum absolute atomic E-state index is 2.55. The highest BCUT2D eigenvalue weighted by Crippen LogP contribution is 2.52. The molecule has 0 N–H and O–H groups in total. The number of rotatable bonds is 6. The molecule has 1 nitrogen and oxygen atoms in total. The minimum Gasteiger partial charge on any atom is -0.309 e. The molecule has 268 valence electrons. The van der Waals surface area contributed by atoms with Gasteiger partial charge in [-0.05, 0) is 84.6 Å². The largest absolute Gasteiger partial charge is 0.309 e. The minimum absolute atomic E-state index is 0.213. The molecular formula is C56H39N. The summed E-state index contributed by atoms with van der Waals surface area (Å²) in [7, 11) is 0. The van der Waals surface area contributed by atoms with E-state index in [9.17, 15) is 0 Å². The molecule has 0 heterocycles. The van der Waals surface area contributed by atoms with Crippen molar-refractivity contribution in [3.8, 4) is 22.3 Å². The Morgan fingerprint density at radius 2 is 0.912 bits per heavy atom. The zero-order valence-corrected chi connectivity index (χ0v) is 31.5. The number of benzene rings is 9. The molecule has 0 saturated heterocycles. The van der Waals surface area contributed by atoms with Crippen molar-refractivity contribution >= 4 is 61.0 Å². The molecular weight excluding hydrogens is 687 g/mol. The van der Waals surface area contributed by atoms with Gasteiger partial charge in [-0.2, -0.15) is 0 Å². The molecule has 2 atom stereocenters. The van der Waals surface area contributed by atoms with Crippen LogP contribution in [0.5, 0.6) is 0 Å². The summed E-state index contributed by atoms with van der Waals surface area (Å²) in [5.41, 5.74) is 13.5. The smallest absolute Gasteiger partial charge is 0.0540 e. The topological polar surface area (TPSA) is 3.24 Å². The number of para-hydroxylation sites is 2. The van der Waals surface area contributed by atoms with Gasteiger partial charge < -0.3 is 4.90 Å². The lowest BCUT2D eigenvalue weighted by Gasteiger charge is -2.36. The van der Waals surface area contributed by atoms with Crippen molar-refractivity contribution in [2.45, 2.75) is 5.92 Å². The first-order valence-corrected chi connectivity index (χ1v) is 19.9. The summed E-state index contributed by atoms with van der Waals surface area (Å²) < 4.78 is 0. The van der Waals surface area contributed by atoms with Crippen LogP contribution in [-0.2, 0) is 0 Å². The van der Waals surface area contributed by atoms with Crippen LogP contribution in [0.25, 0.3) is 66.2 Å². The highest BCUT2D eigenvalue weighted by Gasteiger charge is 2.32. The van der Waals surface area contributed by atoms with Gasteiger partial charge >= 0.3 is 0 Å². The van der Waals surface area contributed by atoms with E-state index in [1.165, 1.54) is 76.8 Å². The molecule has 2 aliphatic rings. The van der Waals surface area contributed by atoms with Gasteiger partial charge in [0.1, 0.15) is 0 Å². The van der Waals surface area contributed by atoms with Crippen molar-refractivity contribution < 1.29 is 0 Å². The zero-order valence-electron chi connectivity index (χ0n) is 31.5. The van der Waals surface area contributed by atoms with E-state index in [2.05, 4.69) is 229 Å². The van der Waals surface area contributed by atoms with E-state index in [4.69, 9.17) is 0 Å². The van der Waals surface area contributed by atoms with Crippen molar-refractivity contribution in [1.82, 2.24) is 0 Å². The average Bonchev–Trinajstić information content (AvgIpc) is 3.29. The number of allylic oxidation sites excluding steroid dienone is 5. The van der Waals surface area contributed by atoms with Gasteiger partial charge in [-0.15, -0.1) is 0 Å². The van der Waals surface area contributed by atoms with Crippen LogP contribution in [0.4, 0.5) is 17.1 Å². The van der Waals surface area contributed by atoms with Crippen molar-refractivity contribution in [2.75, 3.05) is 4.90 Å². The van der Waals surface area contributed by atoms with E-state index < -0.39 is 0 Å². The first kappa shape index (κ1) is 33.1. The number of hydrogen-bond donors (Lipinski definition) is 0. The fraction of sp³-hybridized carbons (Fsp3) is 0.0357. The molecule has 0 amide bonds. The van der Waals surface area contributed by atoms with Gasteiger partial charge in [0.05, 0.1) is 17.1 Å². The Labute approximate surface area is 333 Å². The summed E-state index contributed by atoms with van der Waals surface area (Å²) in [5.74, 6) is 0.486. The Bertz CT molecular complexity index is 3090. The van der Waals surface area contributed by atoms with E-state index in [0.29, 0.717) is 0 Å². The minimum atomic E-state index is 0.213. The molecule has 1 heteroatoms. The Balaban J connectivity index is 1.21. The Morgan fingerprint density at radius 1 is 0.351 bits per heavy atom. The second kappa shape index (κ2) is 13.8. The highest BCUT2D eigenvalue weighted by molar-refractivity contribution is 6.16. The second-order valence-electron chi connectivity index (χ2n) is 15.2. The fourth-order valence-corrected chi connectivity index (χ4v) is 9.50. The lowest BCUT2D eigenvalue weighted by Crippen LogP contribution is -2.20. The van der Waals surface area contributed by atoms with Crippen LogP contribution in [0.15, 0.2) is 218 Å². The molecule has 0 saturated carbocycles. The van der Waals surface area contributed by atoms with Crippen LogP contribution in [0, 0.1) is 5.92 Å². The van der Waals surface area contributed by atoms with E-state index in [0.717, 1.165) is 17.1 Å². The van der Waals surface area contributed by atoms with Crippen molar-refractivity contribution in [1.29, 1.82) is 0 Å². The van der Waals surface area contributed by atoms with E-state index in [-0.39, 0.29) is 11.8 Å². The molecule has 0 aromatic heterocycles. The second-order valence-corrected chi connectivity index (χ2v) is 15.2. The molecule has 57 heavy (non-hydrogen) atoms. The van der Waals surface area contributed by atoms with E-state index >= 15 is 0 Å². The van der Waals surface area contributed by atoms with E-state index in [1.807, 2.05) is 0 Å². The average molecular weight is 726 g/mol. The molecule has 2 unspecified atom stereocenters. The van der Waals surface area contributed by atoms with Crippen LogP contribution in [0.3, 0.4) is 0 Å². The monoisotopic (exact) mass is 725 g/mol. The standard InChI is InChI=1S/C56H39N/c1-2-18-38(19-3-1)41-30-16-32-49-46(41)31-17-35-56(49)57(54-33-14-12-28-50(54)52-36-39-20-4-6-22-42(39)44-24-8-10-26-47(44)52)55-34-15-13-29-51(55)53-37-40-21-5-7-23-43(40)45-25-9-11-27-48(45)53/h1-37,44,47H. The summed E-state index contributed by atoms with van der Waals surface area (Å²) >= 11 is 0. The summed E-state index contributed by atoms with van der Waals surface area (Å²) in [6.07, 6.45) is 11.7. The van der Waals surface area contributed by atoms with E-state index in [1.54, 1.807) is 0 Å². The highest BCUT2D eigenvalue weighted by atomic mass is 15.1. The quantitative estimate of drug-likeness (QED) is 0.154. The molecule has 0 aliphatic heterocycles. The van der Waals surface area contributed by atoms with Crippen molar-refractivity contribution in [3.05, 3.63) is 235 Å². The predicted octanol–water partition coefficient (Wildman–Crippen LogP) is 15.3. The first-order valence-electron chi connectivity index (χ1n) is 19.9. The summed E-state index contributed by atoms with van der Waals surface area (Å²) in [6.45, 7) is 0. The fourth-order valence-electron chi connectivity index (χ4n) is 9.50. The van der Waals surface area contributed by atoms with Gasteiger partial charge in [0.15, 0.2) is 0 Å². The molecule has 0 spiro atoms. The van der Waals surface area contributed by atoms with Crippen molar-refractivity contribution in [3.63, 3.8) is 0 Å². The van der Waals surface area contributed by atoms with Crippen LogP contribution in [0.2, 0.25) is 0 Å². The molecule has 0 radical (unpaired) electrons. The third-order valence-corrected chi connectivity index (χ3v) is 12.0. The number of hydrogen-bond acceptors (Lipinski definition) is 1. The molecule has 0 bridgehead atoms. The Kier molecular flexibility index (Phi) is 8.03. The maximum atomic E-state index is 2.55. The van der Waals surface area contributed by atoms with Crippen LogP contribution in [0.1, 0.15) is 22.6 Å². The molecule has 9 aromatic rings. The number of fused-ring (bicyclic) bond motifs is 7. The molecule has 0 fully saturated rings.